The van der Waals surface area contributed by atoms with Crippen molar-refractivity contribution in [2.24, 2.45) is 0 Å². The molecule has 1 fully saturated rings. The lowest BCUT2D eigenvalue weighted by molar-refractivity contribution is -0.133. The number of hydrogen-bond donors (Lipinski definition) is 1. The monoisotopic (exact) mass is 477 g/mol. The summed E-state index contributed by atoms with van der Waals surface area (Å²) in [7, 11) is 0. The molecular weight excluding hydrogens is 446 g/mol. The van der Waals surface area contributed by atoms with Crippen LogP contribution in [0.4, 0.5) is 10.5 Å². The van der Waals surface area contributed by atoms with Crippen LogP contribution < -0.4 is 5.32 Å². The minimum Gasteiger partial charge on any atom is -0.444 e. The van der Waals surface area contributed by atoms with Gasteiger partial charge in [-0.2, -0.15) is 5.10 Å². The Labute approximate surface area is 204 Å². The van der Waals surface area contributed by atoms with E-state index in [0.29, 0.717) is 37.4 Å². The summed E-state index contributed by atoms with van der Waals surface area (Å²) in [6.07, 6.45) is 1.27. The average Bonchev–Trinajstić information content (AvgIpc) is 3.19. The van der Waals surface area contributed by atoms with Crippen molar-refractivity contribution in [1.29, 1.82) is 0 Å². The van der Waals surface area contributed by atoms with E-state index < -0.39 is 11.7 Å². The molecular formula is C26H31N5O4. The maximum absolute atomic E-state index is 12.9. The molecule has 35 heavy (non-hydrogen) atoms. The molecule has 0 saturated carbocycles. The van der Waals surface area contributed by atoms with Crippen LogP contribution in [-0.2, 0) is 16.1 Å². The van der Waals surface area contributed by atoms with E-state index in [1.807, 2.05) is 58.0 Å². The predicted octanol–water partition coefficient (Wildman–Crippen LogP) is 3.68. The van der Waals surface area contributed by atoms with Crippen molar-refractivity contribution < 1.29 is 19.1 Å². The van der Waals surface area contributed by atoms with Crippen LogP contribution in [0.25, 0.3) is 10.9 Å². The molecule has 9 nitrogen and oxygen atoms in total. The van der Waals surface area contributed by atoms with Crippen molar-refractivity contribution in [3.05, 3.63) is 59.8 Å². The van der Waals surface area contributed by atoms with Gasteiger partial charge in [-0.15, -0.1) is 0 Å². The third-order valence-electron chi connectivity index (χ3n) is 5.77. The van der Waals surface area contributed by atoms with E-state index in [0.717, 1.165) is 16.5 Å². The largest absolute Gasteiger partial charge is 0.444 e. The van der Waals surface area contributed by atoms with Gasteiger partial charge >= 0.3 is 6.09 Å². The fraction of sp³-hybridized carbons (Fsp3) is 0.385. The second kappa shape index (κ2) is 9.77. The maximum atomic E-state index is 12.9. The fourth-order valence-electron chi connectivity index (χ4n) is 4.02. The maximum Gasteiger partial charge on any atom is 0.412 e. The van der Waals surface area contributed by atoms with Gasteiger partial charge in [0.1, 0.15) is 12.1 Å². The highest BCUT2D eigenvalue weighted by molar-refractivity contribution is 5.94. The van der Waals surface area contributed by atoms with Crippen molar-refractivity contribution in [3.8, 4) is 0 Å². The second-order valence-corrected chi connectivity index (χ2v) is 9.72. The van der Waals surface area contributed by atoms with Gasteiger partial charge < -0.3 is 14.5 Å². The molecule has 0 spiro atoms. The second-order valence-electron chi connectivity index (χ2n) is 9.72. The fourth-order valence-corrected chi connectivity index (χ4v) is 4.02. The highest BCUT2D eigenvalue weighted by Gasteiger charge is 2.25. The highest BCUT2D eigenvalue weighted by Crippen LogP contribution is 2.24. The molecule has 3 aromatic rings. The Morgan fingerprint density at radius 2 is 1.66 bits per heavy atom. The van der Waals surface area contributed by atoms with Crippen LogP contribution in [0.15, 0.2) is 48.7 Å². The average molecular weight is 478 g/mol. The quantitative estimate of drug-likeness (QED) is 0.618. The molecule has 4 rings (SSSR count). The first-order chi connectivity index (χ1) is 16.6. The minimum atomic E-state index is -0.590. The summed E-state index contributed by atoms with van der Waals surface area (Å²) in [5.74, 6) is -0.0596. The Morgan fingerprint density at radius 1 is 1.00 bits per heavy atom. The van der Waals surface area contributed by atoms with E-state index in [-0.39, 0.29) is 18.4 Å². The Balaban J connectivity index is 1.37. The molecule has 2 heterocycles. The van der Waals surface area contributed by atoms with Gasteiger partial charge in [-0.3, -0.25) is 19.6 Å². The van der Waals surface area contributed by atoms with Gasteiger partial charge in [0.05, 0.1) is 5.52 Å². The molecule has 1 aliphatic heterocycles. The lowest BCUT2D eigenvalue weighted by Gasteiger charge is -2.34. The normalized spacial score (nSPS) is 14.2. The van der Waals surface area contributed by atoms with Gasteiger partial charge in [0.25, 0.3) is 5.91 Å². The van der Waals surface area contributed by atoms with E-state index in [2.05, 4.69) is 10.4 Å². The molecule has 1 N–H and O–H groups in total. The van der Waals surface area contributed by atoms with Crippen molar-refractivity contribution in [2.45, 2.75) is 39.8 Å². The first kappa shape index (κ1) is 24.3. The molecule has 0 unspecified atom stereocenters. The molecule has 1 saturated heterocycles. The number of anilines is 1. The van der Waals surface area contributed by atoms with E-state index in [9.17, 15) is 14.4 Å². The summed E-state index contributed by atoms with van der Waals surface area (Å²) in [4.78, 5) is 41.2. The van der Waals surface area contributed by atoms with Crippen LogP contribution in [0.3, 0.4) is 0 Å². The zero-order chi connectivity index (χ0) is 25.2. The minimum absolute atomic E-state index is 0.0119. The number of ether oxygens (including phenoxy) is 1. The summed E-state index contributed by atoms with van der Waals surface area (Å²) >= 11 is 0. The van der Waals surface area contributed by atoms with Crippen molar-refractivity contribution >= 4 is 34.5 Å². The Kier molecular flexibility index (Phi) is 6.77. The molecule has 3 amide bonds. The molecule has 184 valence electrons. The number of carbonyl (C=O) groups is 3. The zero-order valence-corrected chi connectivity index (χ0v) is 20.6. The number of carbonyl (C=O) groups excluding carboxylic acids is 3. The topological polar surface area (TPSA) is 96.8 Å². The number of rotatable bonds is 4. The van der Waals surface area contributed by atoms with Crippen LogP contribution in [0.5, 0.6) is 0 Å². The third kappa shape index (κ3) is 5.98. The predicted molar refractivity (Wildman–Crippen MR) is 133 cm³/mol. The molecule has 0 bridgehead atoms. The number of piperazine rings is 1. The lowest BCUT2D eigenvalue weighted by Crippen LogP contribution is -2.51. The number of amides is 3. The standard InChI is InChI=1S/C26H31N5O4/c1-18-14-22-20(15-21(18)27-25(34)35-26(2,3)4)16-31(28-22)17-23(32)29-10-12-30(13-11-29)24(33)19-8-6-5-7-9-19/h5-9,14-16H,10-13,17H2,1-4H3,(H,27,34). The van der Waals surface area contributed by atoms with E-state index in [4.69, 9.17) is 4.74 Å². The Morgan fingerprint density at radius 3 is 2.31 bits per heavy atom. The number of nitrogens with one attached hydrogen (secondary N) is 1. The first-order valence-electron chi connectivity index (χ1n) is 11.7. The SMILES string of the molecule is Cc1cc2nn(CC(=O)N3CCN(C(=O)c4ccccc4)CC3)cc2cc1NC(=O)OC(C)(C)C. The van der Waals surface area contributed by atoms with Crippen LogP contribution in [0.1, 0.15) is 36.7 Å². The molecule has 1 aliphatic rings. The van der Waals surface area contributed by atoms with Crippen molar-refractivity contribution in [2.75, 3.05) is 31.5 Å². The van der Waals surface area contributed by atoms with Crippen LogP contribution in [0.2, 0.25) is 0 Å². The van der Waals surface area contributed by atoms with Crippen LogP contribution >= 0.6 is 0 Å². The number of hydrogen-bond acceptors (Lipinski definition) is 5. The van der Waals surface area contributed by atoms with Gasteiger partial charge in [-0.25, -0.2) is 4.79 Å². The molecule has 0 atom stereocenters. The van der Waals surface area contributed by atoms with Gasteiger partial charge in [-0.1, -0.05) is 18.2 Å². The van der Waals surface area contributed by atoms with Crippen LogP contribution in [-0.4, -0.2) is 69.3 Å². The molecule has 0 radical (unpaired) electrons. The van der Waals surface area contributed by atoms with E-state index in [1.54, 1.807) is 32.8 Å². The van der Waals surface area contributed by atoms with Gasteiger partial charge in [0, 0.05) is 49.0 Å². The number of aryl methyl sites for hydroxylation is 1. The van der Waals surface area contributed by atoms with E-state index in [1.165, 1.54) is 0 Å². The molecule has 2 aromatic carbocycles. The summed E-state index contributed by atoms with van der Waals surface area (Å²) in [5, 5.41) is 8.12. The third-order valence-corrected chi connectivity index (χ3v) is 5.77. The van der Waals surface area contributed by atoms with Gasteiger partial charge in [0.15, 0.2) is 0 Å². The zero-order valence-electron chi connectivity index (χ0n) is 20.6. The molecule has 1 aromatic heterocycles. The van der Waals surface area contributed by atoms with Gasteiger partial charge in [-0.05, 0) is 57.5 Å². The number of nitrogens with zero attached hydrogens (tertiary/aromatic N) is 4. The summed E-state index contributed by atoms with van der Waals surface area (Å²) in [6.45, 7) is 9.39. The van der Waals surface area contributed by atoms with Crippen molar-refractivity contribution in [3.63, 3.8) is 0 Å². The number of fused-ring (bicyclic) bond motifs is 1. The first-order valence-corrected chi connectivity index (χ1v) is 11.7. The smallest absolute Gasteiger partial charge is 0.412 e. The molecule has 0 aliphatic carbocycles. The van der Waals surface area contributed by atoms with Crippen LogP contribution in [0, 0.1) is 6.92 Å². The Bertz CT molecular complexity index is 1240. The number of aromatic nitrogens is 2. The summed E-state index contributed by atoms with van der Waals surface area (Å²) in [5.41, 5.74) is 2.29. The highest BCUT2D eigenvalue weighted by atomic mass is 16.6. The molecule has 9 heteroatoms. The summed E-state index contributed by atoms with van der Waals surface area (Å²) < 4.78 is 6.95. The number of benzene rings is 2. The lowest BCUT2D eigenvalue weighted by atomic mass is 10.1. The van der Waals surface area contributed by atoms with E-state index >= 15 is 0 Å². The van der Waals surface area contributed by atoms with Gasteiger partial charge in [0.2, 0.25) is 5.91 Å². The van der Waals surface area contributed by atoms with Crippen molar-refractivity contribution in [1.82, 2.24) is 19.6 Å². The summed E-state index contributed by atoms with van der Waals surface area (Å²) in [6, 6.07) is 12.9. The Hall–Kier alpha value is -3.88.